The van der Waals surface area contributed by atoms with Gasteiger partial charge in [-0.1, -0.05) is 36.9 Å². The second-order valence-electron chi connectivity index (χ2n) is 10.8. The van der Waals surface area contributed by atoms with Crippen molar-refractivity contribution in [1.29, 1.82) is 0 Å². The van der Waals surface area contributed by atoms with Gasteiger partial charge >= 0.3 is 5.97 Å². The number of aliphatic carboxylic acids is 1. The molecule has 1 saturated heterocycles. The summed E-state index contributed by atoms with van der Waals surface area (Å²) in [5, 5.41) is 12.4. The Labute approximate surface area is 245 Å². The van der Waals surface area contributed by atoms with E-state index in [1.165, 1.54) is 26.6 Å². The molecule has 0 saturated carbocycles. The highest BCUT2D eigenvalue weighted by molar-refractivity contribution is 6.03. The van der Waals surface area contributed by atoms with Crippen molar-refractivity contribution in [2.45, 2.75) is 27.7 Å². The molecule has 0 aliphatic carbocycles. The van der Waals surface area contributed by atoms with Gasteiger partial charge < -0.3 is 15.2 Å². The number of aromatic nitrogens is 2. The highest BCUT2D eigenvalue weighted by Gasteiger charge is 2.45. The molecule has 0 bridgehead atoms. The van der Waals surface area contributed by atoms with Crippen LogP contribution in [0.5, 0.6) is 0 Å². The first-order chi connectivity index (χ1) is 19.9. The van der Waals surface area contributed by atoms with E-state index in [1.54, 1.807) is 19.1 Å². The van der Waals surface area contributed by atoms with Gasteiger partial charge in [-0.2, -0.15) is 0 Å². The van der Waals surface area contributed by atoms with Crippen LogP contribution in [0.15, 0.2) is 84.8 Å². The van der Waals surface area contributed by atoms with Gasteiger partial charge in [0.1, 0.15) is 23.6 Å². The van der Waals surface area contributed by atoms with Crippen LogP contribution < -0.4 is 5.32 Å². The number of benzene rings is 2. The molecular formula is C33H35FN4O4. The monoisotopic (exact) mass is 570 g/mol. The number of amides is 1. The maximum Gasteiger partial charge on any atom is 0.311 e. The average molecular weight is 571 g/mol. The zero-order valence-corrected chi connectivity index (χ0v) is 24.5. The fourth-order valence-corrected chi connectivity index (χ4v) is 5.22. The maximum absolute atomic E-state index is 14.7. The lowest BCUT2D eigenvalue weighted by Gasteiger charge is -2.45. The molecule has 8 nitrogen and oxygen atoms in total. The maximum atomic E-state index is 14.7. The molecule has 0 atom stereocenters. The summed E-state index contributed by atoms with van der Waals surface area (Å²) < 4.78 is 20.3. The molecule has 1 aromatic heterocycles. The normalized spacial score (nSPS) is 15.3. The van der Waals surface area contributed by atoms with E-state index in [0.29, 0.717) is 35.7 Å². The number of likely N-dealkylation sites (tertiary alicyclic amines) is 1. The highest BCUT2D eigenvalue weighted by atomic mass is 19.1. The molecule has 4 rings (SSSR count). The first-order valence-electron chi connectivity index (χ1n) is 13.5. The number of methoxy groups -OCH3 is 1. The Balaban J connectivity index is 1.60. The van der Waals surface area contributed by atoms with E-state index >= 15 is 0 Å². The van der Waals surface area contributed by atoms with Crippen LogP contribution in [0.4, 0.5) is 10.1 Å². The number of anilines is 1. The Morgan fingerprint density at radius 1 is 1.14 bits per heavy atom. The molecule has 2 heterocycles. The van der Waals surface area contributed by atoms with Gasteiger partial charge in [0, 0.05) is 37.1 Å². The van der Waals surface area contributed by atoms with E-state index in [-0.39, 0.29) is 18.1 Å². The third kappa shape index (κ3) is 6.31. The predicted molar refractivity (Wildman–Crippen MR) is 161 cm³/mol. The molecule has 3 aromatic rings. The number of hydrogen-bond acceptors (Lipinski definition) is 6. The SMILES string of the molecule is C=C(/C=C(OC)\C(CN1CC(C)(C(=O)O)C1)=C(/C)F)c1cccc(-c2cccc(NC(=O)c3ccncn3)c2C)c1C. The van der Waals surface area contributed by atoms with Gasteiger partial charge in [-0.25, -0.2) is 14.4 Å². The molecule has 0 unspecified atom stereocenters. The number of nitrogens with zero attached hydrogens (tertiary/aromatic N) is 3. The fourth-order valence-electron chi connectivity index (χ4n) is 5.22. The van der Waals surface area contributed by atoms with Crippen LogP contribution >= 0.6 is 0 Å². The van der Waals surface area contributed by atoms with Gasteiger partial charge in [-0.15, -0.1) is 0 Å². The van der Waals surface area contributed by atoms with Gasteiger partial charge in [0.25, 0.3) is 5.91 Å². The van der Waals surface area contributed by atoms with Crippen molar-refractivity contribution in [1.82, 2.24) is 14.9 Å². The topological polar surface area (TPSA) is 105 Å². The Morgan fingerprint density at radius 3 is 2.40 bits per heavy atom. The lowest BCUT2D eigenvalue weighted by molar-refractivity contribution is -0.158. The summed E-state index contributed by atoms with van der Waals surface area (Å²) in [5.74, 6) is -1.26. The fraction of sp³-hybridized carbons (Fsp3) is 0.273. The number of carboxylic acid groups (broad SMARTS) is 1. The van der Waals surface area contributed by atoms with Crippen molar-refractivity contribution in [3.8, 4) is 11.1 Å². The largest absolute Gasteiger partial charge is 0.496 e. The van der Waals surface area contributed by atoms with Crippen molar-refractivity contribution in [2.24, 2.45) is 5.41 Å². The first kappa shape index (κ1) is 30.3. The Kier molecular flexibility index (Phi) is 9.02. The van der Waals surface area contributed by atoms with Crippen LogP contribution in [0.25, 0.3) is 16.7 Å². The van der Waals surface area contributed by atoms with Crippen molar-refractivity contribution in [3.63, 3.8) is 0 Å². The Morgan fingerprint density at radius 2 is 1.81 bits per heavy atom. The summed E-state index contributed by atoms with van der Waals surface area (Å²) in [7, 11) is 1.48. The van der Waals surface area contributed by atoms with Crippen LogP contribution in [0, 0.1) is 19.3 Å². The molecule has 2 aromatic carbocycles. The molecule has 0 spiro atoms. The number of halogens is 1. The third-order valence-corrected chi connectivity index (χ3v) is 7.65. The number of rotatable bonds is 10. The number of allylic oxidation sites excluding steroid dienone is 3. The van der Waals surface area contributed by atoms with E-state index in [2.05, 4.69) is 21.9 Å². The van der Waals surface area contributed by atoms with Gasteiger partial charge in [-0.3, -0.25) is 14.5 Å². The number of carboxylic acids is 1. The lowest BCUT2D eigenvalue weighted by Crippen LogP contribution is -2.59. The van der Waals surface area contributed by atoms with E-state index in [4.69, 9.17) is 4.74 Å². The van der Waals surface area contributed by atoms with Crippen molar-refractivity contribution < 1.29 is 23.8 Å². The highest BCUT2D eigenvalue weighted by Crippen LogP contribution is 2.36. The second kappa shape index (κ2) is 12.5. The van der Waals surface area contributed by atoms with Crippen LogP contribution in [0.3, 0.4) is 0 Å². The molecule has 218 valence electrons. The number of carbonyl (C=O) groups excluding carboxylic acids is 1. The van der Waals surface area contributed by atoms with E-state index in [1.807, 2.05) is 55.1 Å². The second-order valence-corrected chi connectivity index (χ2v) is 10.8. The smallest absolute Gasteiger partial charge is 0.311 e. The van der Waals surface area contributed by atoms with Crippen molar-refractivity contribution in [2.75, 3.05) is 32.1 Å². The predicted octanol–water partition coefficient (Wildman–Crippen LogP) is 6.21. The zero-order valence-electron chi connectivity index (χ0n) is 24.5. The van der Waals surface area contributed by atoms with Gasteiger partial charge in [0.15, 0.2) is 0 Å². The van der Waals surface area contributed by atoms with Crippen LogP contribution in [0.1, 0.15) is 41.0 Å². The van der Waals surface area contributed by atoms with Crippen LogP contribution in [-0.4, -0.2) is 58.6 Å². The number of hydrogen-bond donors (Lipinski definition) is 2. The minimum absolute atomic E-state index is 0.226. The number of ether oxygens (including phenoxy) is 1. The summed E-state index contributed by atoms with van der Waals surface area (Å²) >= 11 is 0. The summed E-state index contributed by atoms with van der Waals surface area (Å²) in [4.78, 5) is 34.0. The van der Waals surface area contributed by atoms with Gasteiger partial charge in [0.05, 0.1) is 12.5 Å². The summed E-state index contributed by atoms with van der Waals surface area (Å²) in [6.45, 7) is 12.1. The van der Waals surface area contributed by atoms with E-state index < -0.39 is 17.2 Å². The lowest BCUT2D eigenvalue weighted by atomic mass is 9.81. The molecule has 1 aliphatic heterocycles. The average Bonchev–Trinajstić information content (AvgIpc) is 2.95. The third-order valence-electron chi connectivity index (χ3n) is 7.65. The summed E-state index contributed by atoms with van der Waals surface area (Å²) in [6, 6.07) is 13.1. The van der Waals surface area contributed by atoms with E-state index in [0.717, 1.165) is 27.8 Å². The summed E-state index contributed by atoms with van der Waals surface area (Å²) in [5.41, 5.74) is 5.70. The molecule has 2 N–H and O–H groups in total. The minimum Gasteiger partial charge on any atom is -0.496 e. The molecule has 1 fully saturated rings. The molecule has 0 radical (unpaired) electrons. The van der Waals surface area contributed by atoms with Crippen LogP contribution in [0.2, 0.25) is 0 Å². The van der Waals surface area contributed by atoms with Crippen LogP contribution in [-0.2, 0) is 9.53 Å². The quantitative estimate of drug-likeness (QED) is 0.221. The Hall–Kier alpha value is -4.63. The zero-order chi connectivity index (χ0) is 30.6. The van der Waals surface area contributed by atoms with Gasteiger partial charge in [0.2, 0.25) is 0 Å². The summed E-state index contributed by atoms with van der Waals surface area (Å²) in [6.07, 6.45) is 4.56. The standard InChI is InChI=1S/C33H35FN4O4/c1-20(15-30(42-6)27(23(4)34)16-38-17-33(5,18-38)32(40)41)24-9-7-10-25(21(24)2)26-11-8-12-28(22(26)3)37-31(39)29-13-14-35-19-36-29/h7-15,19H,1,16-18H2,2-6H3,(H,37,39)(H,40,41)/b27-23+,30-15+. The Bertz CT molecular complexity index is 1590. The van der Waals surface area contributed by atoms with E-state index in [9.17, 15) is 19.1 Å². The molecular weight excluding hydrogens is 535 g/mol. The van der Waals surface area contributed by atoms with Gasteiger partial charge in [-0.05, 0) is 79.3 Å². The first-order valence-corrected chi connectivity index (χ1v) is 13.5. The molecule has 42 heavy (non-hydrogen) atoms. The molecule has 9 heteroatoms. The molecule has 1 aliphatic rings. The molecule has 1 amide bonds. The van der Waals surface area contributed by atoms with Crippen molar-refractivity contribution >= 4 is 23.1 Å². The number of carbonyl (C=O) groups is 2. The number of nitrogens with one attached hydrogen (secondary N) is 1. The minimum atomic E-state index is -0.860. The van der Waals surface area contributed by atoms with Crippen molar-refractivity contribution in [3.05, 3.63) is 107 Å².